The van der Waals surface area contributed by atoms with Gasteiger partial charge in [0.15, 0.2) is 6.29 Å². The number of aliphatic hydroxyl groups is 1. The molecular formula is C25H35BN2O10S. The van der Waals surface area contributed by atoms with Crippen LogP contribution in [0.4, 0.5) is 4.79 Å². The Morgan fingerprint density at radius 2 is 2.10 bits per heavy atom. The standard InChI is InChI=1S/C25H35BN2O10S/c1-33-17-6-7-22-20(14-17)35-11-5-3-2-4-10-34-13-9-28(39(22,31)32)15-19(29)23(26)27-25(30)38-21-16-37-24-18(21)8-12-36-24/h2,4,6-7,14,18-19,21,23-24,29H,3,5,8-13,15-16H2,1H3,(H,27,30)/b4-2-/t18-,19+,21-,23+,24+/m0/s1. The predicted octanol–water partition coefficient (Wildman–Crippen LogP) is 0.774. The first-order chi connectivity index (χ1) is 18.8. The SMILES string of the molecule is [B][C@H](NC(=O)O[C@H]1CO[C@H]2OCC[C@H]21)[C@H](O)CN1CCOC/C=C\CCCOc2cc(OC)ccc2S1(=O)=O. The van der Waals surface area contributed by atoms with Gasteiger partial charge in [-0.05, 0) is 31.4 Å². The van der Waals surface area contributed by atoms with Crippen molar-refractivity contribution in [3.05, 3.63) is 30.4 Å². The van der Waals surface area contributed by atoms with Crippen LogP contribution in [0.25, 0.3) is 0 Å². The van der Waals surface area contributed by atoms with E-state index in [4.69, 9.17) is 36.3 Å². The van der Waals surface area contributed by atoms with E-state index in [9.17, 15) is 18.3 Å². The Morgan fingerprint density at radius 3 is 2.92 bits per heavy atom. The molecule has 0 aromatic heterocycles. The molecule has 0 unspecified atom stereocenters. The van der Waals surface area contributed by atoms with Crippen LogP contribution in [0.5, 0.6) is 11.5 Å². The normalized spacial score (nSPS) is 28.1. The molecule has 3 heterocycles. The first kappa shape index (κ1) is 29.6. The van der Waals surface area contributed by atoms with Crippen LogP contribution in [0.15, 0.2) is 35.2 Å². The second kappa shape index (κ2) is 13.8. The van der Waals surface area contributed by atoms with Crippen molar-refractivity contribution in [1.82, 2.24) is 9.62 Å². The van der Waals surface area contributed by atoms with E-state index in [1.807, 2.05) is 12.2 Å². The third-order valence-electron chi connectivity index (χ3n) is 6.74. The summed E-state index contributed by atoms with van der Waals surface area (Å²) in [6.07, 6.45) is 2.78. The smallest absolute Gasteiger partial charge is 0.407 e. The van der Waals surface area contributed by atoms with Crippen molar-refractivity contribution < 1.29 is 46.7 Å². The summed E-state index contributed by atoms with van der Waals surface area (Å²) >= 11 is 0. The number of sulfonamides is 1. The molecule has 12 nitrogen and oxygen atoms in total. The number of carbonyl (C=O) groups is 1. The van der Waals surface area contributed by atoms with Crippen LogP contribution in [0.2, 0.25) is 0 Å². The second-order valence-corrected chi connectivity index (χ2v) is 11.3. The number of carbonyl (C=O) groups excluding carboxylic acids is 1. The van der Waals surface area contributed by atoms with Crippen LogP contribution < -0.4 is 14.8 Å². The number of hydrogen-bond acceptors (Lipinski definition) is 10. The van der Waals surface area contributed by atoms with Gasteiger partial charge < -0.3 is 38.8 Å². The van der Waals surface area contributed by atoms with Gasteiger partial charge in [-0.3, -0.25) is 0 Å². The van der Waals surface area contributed by atoms with Crippen molar-refractivity contribution >= 4 is 24.0 Å². The van der Waals surface area contributed by atoms with E-state index in [1.165, 1.54) is 25.3 Å². The van der Waals surface area contributed by atoms with Gasteiger partial charge in [0.2, 0.25) is 10.0 Å². The Morgan fingerprint density at radius 1 is 1.26 bits per heavy atom. The number of benzene rings is 1. The van der Waals surface area contributed by atoms with Gasteiger partial charge in [0, 0.05) is 25.1 Å². The number of alkyl carbamates (subject to hydrolysis) is 1. The Bertz CT molecular complexity index is 1100. The van der Waals surface area contributed by atoms with Gasteiger partial charge in [-0.2, -0.15) is 4.31 Å². The molecule has 1 aromatic rings. The third-order valence-corrected chi connectivity index (χ3v) is 8.65. The molecule has 39 heavy (non-hydrogen) atoms. The largest absolute Gasteiger partial charge is 0.497 e. The number of aliphatic hydroxyl groups excluding tert-OH is 1. The number of rotatable bonds is 6. The lowest BCUT2D eigenvalue weighted by Gasteiger charge is -2.29. The van der Waals surface area contributed by atoms with Gasteiger partial charge in [0.1, 0.15) is 30.3 Å². The summed E-state index contributed by atoms with van der Waals surface area (Å²) in [6.45, 7) is 0.918. The van der Waals surface area contributed by atoms with Gasteiger partial charge in [-0.15, -0.1) is 0 Å². The Hall–Kier alpha value is -2.36. The fourth-order valence-electron chi connectivity index (χ4n) is 4.55. The van der Waals surface area contributed by atoms with E-state index < -0.39 is 40.8 Å². The van der Waals surface area contributed by atoms with Gasteiger partial charge >= 0.3 is 6.09 Å². The lowest BCUT2D eigenvalue weighted by atomic mass is 9.91. The van der Waals surface area contributed by atoms with Crippen LogP contribution in [0.1, 0.15) is 19.3 Å². The molecule has 4 rings (SSSR count). The predicted molar refractivity (Wildman–Crippen MR) is 139 cm³/mol. The molecule has 2 saturated heterocycles. The summed E-state index contributed by atoms with van der Waals surface area (Å²) in [4.78, 5) is 12.4. The minimum Gasteiger partial charge on any atom is -0.497 e. The van der Waals surface area contributed by atoms with E-state index in [1.54, 1.807) is 0 Å². The number of hydrogen-bond donors (Lipinski definition) is 2. The molecule has 0 spiro atoms. The maximum Gasteiger partial charge on any atom is 0.407 e. The van der Waals surface area contributed by atoms with Crippen molar-refractivity contribution in [2.75, 3.05) is 53.2 Å². The van der Waals surface area contributed by atoms with Crippen molar-refractivity contribution in [2.24, 2.45) is 5.92 Å². The second-order valence-electron chi connectivity index (χ2n) is 9.42. The highest BCUT2D eigenvalue weighted by Gasteiger charge is 2.44. The number of methoxy groups -OCH3 is 1. The quantitative estimate of drug-likeness (QED) is 0.375. The molecule has 3 aliphatic rings. The minimum atomic E-state index is -4.18. The molecule has 14 heteroatoms. The summed E-state index contributed by atoms with van der Waals surface area (Å²) < 4.78 is 61.5. The number of nitrogens with one attached hydrogen (secondary N) is 1. The Balaban J connectivity index is 1.45. The van der Waals surface area contributed by atoms with Gasteiger partial charge in [-0.1, -0.05) is 12.2 Å². The minimum absolute atomic E-state index is 0.0615. The van der Waals surface area contributed by atoms with Crippen molar-refractivity contribution in [1.29, 1.82) is 0 Å². The molecule has 1 aromatic carbocycles. The number of nitrogens with zero attached hydrogens (tertiary/aromatic N) is 1. The zero-order chi connectivity index (χ0) is 27.8. The molecule has 2 N–H and O–H groups in total. The van der Waals surface area contributed by atoms with Gasteiger partial charge in [-0.25, -0.2) is 13.2 Å². The molecule has 3 aliphatic heterocycles. The summed E-state index contributed by atoms with van der Waals surface area (Å²) in [6, 6.07) is 4.43. The number of fused-ring (bicyclic) bond motifs is 2. The number of allylic oxidation sites excluding steroid dienone is 1. The maximum atomic E-state index is 13.8. The fourth-order valence-corrected chi connectivity index (χ4v) is 6.10. The summed E-state index contributed by atoms with van der Waals surface area (Å²) in [5, 5.41) is 13.2. The van der Waals surface area contributed by atoms with E-state index in [2.05, 4.69) is 5.32 Å². The third kappa shape index (κ3) is 7.65. The molecule has 0 aliphatic carbocycles. The number of ether oxygens (including phenoxy) is 6. The fraction of sp³-hybridized carbons (Fsp3) is 0.640. The van der Waals surface area contributed by atoms with E-state index >= 15 is 0 Å². The zero-order valence-electron chi connectivity index (χ0n) is 21.9. The van der Waals surface area contributed by atoms with Crippen LogP contribution in [-0.2, 0) is 29.0 Å². The van der Waals surface area contributed by atoms with Gasteiger partial charge in [0.25, 0.3) is 0 Å². The average Bonchev–Trinajstić information content (AvgIpc) is 3.53. The lowest BCUT2D eigenvalue weighted by Crippen LogP contribution is -2.51. The highest BCUT2D eigenvalue weighted by molar-refractivity contribution is 7.89. The lowest BCUT2D eigenvalue weighted by molar-refractivity contribution is -0.0907. The van der Waals surface area contributed by atoms with E-state index in [-0.39, 0.29) is 42.6 Å². The highest BCUT2D eigenvalue weighted by atomic mass is 32.2. The summed E-state index contributed by atoms with van der Waals surface area (Å²) in [5.41, 5.74) is 0. The zero-order valence-corrected chi connectivity index (χ0v) is 22.7. The molecule has 1 amide bonds. The maximum absolute atomic E-state index is 13.8. The molecule has 2 fully saturated rings. The first-order valence-electron chi connectivity index (χ1n) is 13.0. The number of β-amino-alcohol motifs (C(OH)–C–C–N with tert-alkyl or cyclic N) is 1. The van der Waals surface area contributed by atoms with Crippen LogP contribution in [-0.4, -0.2) is 109 Å². The summed E-state index contributed by atoms with van der Waals surface area (Å²) in [7, 11) is 3.32. The topological polar surface area (TPSA) is 142 Å². The number of amides is 1. The van der Waals surface area contributed by atoms with Crippen LogP contribution >= 0.6 is 0 Å². The van der Waals surface area contributed by atoms with Crippen LogP contribution in [0.3, 0.4) is 0 Å². The molecule has 2 radical (unpaired) electrons. The van der Waals surface area contributed by atoms with Gasteiger partial charge in [0.05, 0.1) is 52.2 Å². The molecular weight excluding hydrogens is 531 g/mol. The van der Waals surface area contributed by atoms with Crippen molar-refractivity contribution in [3.8, 4) is 11.5 Å². The Kier molecular flexibility index (Phi) is 10.5. The Labute approximate surface area is 230 Å². The van der Waals surface area contributed by atoms with E-state index in [0.717, 1.165) is 10.7 Å². The molecule has 214 valence electrons. The summed E-state index contributed by atoms with van der Waals surface area (Å²) in [5.74, 6) is -0.801. The average molecular weight is 566 g/mol. The van der Waals surface area contributed by atoms with Crippen molar-refractivity contribution in [2.45, 2.75) is 48.6 Å². The van der Waals surface area contributed by atoms with Crippen molar-refractivity contribution in [3.63, 3.8) is 0 Å². The molecule has 0 bridgehead atoms. The molecule has 0 saturated carbocycles. The molecule has 5 atom stereocenters. The first-order valence-corrected chi connectivity index (χ1v) is 14.4. The van der Waals surface area contributed by atoms with E-state index in [0.29, 0.717) is 38.4 Å². The van der Waals surface area contributed by atoms with Crippen LogP contribution in [0, 0.1) is 5.92 Å². The monoisotopic (exact) mass is 566 g/mol. The highest BCUT2D eigenvalue weighted by Crippen LogP contribution is 2.33.